The summed E-state index contributed by atoms with van der Waals surface area (Å²) < 4.78 is 5.49. The second-order valence-electron chi connectivity index (χ2n) is 5.08. The minimum atomic E-state index is 0.413. The van der Waals surface area contributed by atoms with Crippen molar-refractivity contribution in [3.05, 3.63) is 64.7 Å². The number of rotatable bonds is 4. The highest BCUT2D eigenvalue weighted by Crippen LogP contribution is 2.28. The Hall–Kier alpha value is -1.76. The lowest BCUT2D eigenvalue weighted by atomic mass is 9.89. The van der Waals surface area contributed by atoms with E-state index in [9.17, 15) is 0 Å². The maximum Gasteiger partial charge on any atom is 0.119 e. The van der Waals surface area contributed by atoms with E-state index in [-0.39, 0.29) is 0 Å². The van der Waals surface area contributed by atoms with E-state index in [1.165, 1.54) is 22.3 Å². The number of benzene rings is 2. The maximum absolute atomic E-state index is 5.49. The first-order valence-corrected chi connectivity index (χ1v) is 6.91. The molecule has 2 aromatic carbocycles. The fourth-order valence-electron chi connectivity index (χ4n) is 2.51. The van der Waals surface area contributed by atoms with Crippen molar-refractivity contribution in [2.24, 2.45) is 0 Å². The maximum atomic E-state index is 5.49. The lowest BCUT2D eigenvalue weighted by Gasteiger charge is -2.16. The van der Waals surface area contributed by atoms with E-state index in [1.54, 1.807) is 0 Å². The SMILES string of the molecule is CCOc1ccc(C(C)c2ccc(C)cc2C)cc1. The van der Waals surface area contributed by atoms with Gasteiger partial charge in [0.1, 0.15) is 5.75 Å². The van der Waals surface area contributed by atoms with Crippen LogP contribution >= 0.6 is 0 Å². The molecule has 19 heavy (non-hydrogen) atoms. The van der Waals surface area contributed by atoms with Crippen LogP contribution in [0.1, 0.15) is 42.0 Å². The molecule has 1 unspecified atom stereocenters. The molecule has 0 aliphatic heterocycles. The Morgan fingerprint density at radius 3 is 2.26 bits per heavy atom. The van der Waals surface area contributed by atoms with Gasteiger partial charge >= 0.3 is 0 Å². The third kappa shape index (κ3) is 3.17. The summed E-state index contributed by atoms with van der Waals surface area (Å²) in [6.45, 7) is 9.30. The van der Waals surface area contributed by atoms with Crippen LogP contribution in [-0.2, 0) is 0 Å². The van der Waals surface area contributed by atoms with Gasteiger partial charge in [-0.2, -0.15) is 0 Å². The van der Waals surface area contributed by atoms with E-state index in [0.29, 0.717) is 12.5 Å². The molecule has 0 N–H and O–H groups in total. The van der Waals surface area contributed by atoms with Crippen LogP contribution in [0.4, 0.5) is 0 Å². The predicted molar refractivity (Wildman–Crippen MR) is 81.0 cm³/mol. The highest BCUT2D eigenvalue weighted by atomic mass is 16.5. The van der Waals surface area contributed by atoms with Gasteiger partial charge in [0.25, 0.3) is 0 Å². The monoisotopic (exact) mass is 254 g/mol. The van der Waals surface area contributed by atoms with Crippen LogP contribution in [0.25, 0.3) is 0 Å². The standard InChI is InChI=1S/C18H22O/c1-5-19-17-9-7-16(8-10-17)15(4)18-11-6-13(2)12-14(18)3/h6-12,15H,5H2,1-4H3. The Labute approximate surface area is 116 Å². The largest absolute Gasteiger partial charge is 0.494 e. The smallest absolute Gasteiger partial charge is 0.119 e. The molecule has 0 aliphatic carbocycles. The van der Waals surface area contributed by atoms with Crippen molar-refractivity contribution in [3.8, 4) is 5.75 Å². The Morgan fingerprint density at radius 2 is 1.68 bits per heavy atom. The average molecular weight is 254 g/mol. The molecular weight excluding hydrogens is 232 g/mol. The quantitative estimate of drug-likeness (QED) is 0.757. The molecule has 2 aromatic rings. The third-order valence-electron chi connectivity index (χ3n) is 3.58. The Kier molecular flexibility index (Phi) is 4.26. The zero-order chi connectivity index (χ0) is 13.8. The lowest BCUT2D eigenvalue weighted by molar-refractivity contribution is 0.340. The van der Waals surface area contributed by atoms with Crippen LogP contribution in [0.5, 0.6) is 5.75 Å². The van der Waals surface area contributed by atoms with Gasteiger partial charge in [-0.3, -0.25) is 0 Å². The van der Waals surface area contributed by atoms with Gasteiger partial charge in [-0.1, -0.05) is 42.8 Å². The van der Waals surface area contributed by atoms with Gasteiger partial charge in [0, 0.05) is 5.92 Å². The summed E-state index contributed by atoms with van der Waals surface area (Å²) in [7, 11) is 0. The van der Waals surface area contributed by atoms with Crippen LogP contribution in [0.2, 0.25) is 0 Å². The van der Waals surface area contributed by atoms with Gasteiger partial charge in [-0.05, 0) is 49.6 Å². The Bertz CT molecular complexity index is 540. The van der Waals surface area contributed by atoms with Gasteiger partial charge in [-0.15, -0.1) is 0 Å². The van der Waals surface area contributed by atoms with Crippen LogP contribution in [0.15, 0.2) is 42.5 Å². The summed E-state index contributed by atoms with van der Waals surface area (Å²) in [5.41, 5.74) is 5.41. The molecule has 0 saturated carbocycles. The van der Waals surface area contributed by atoms with E-state index in [4.69, 9.17) is 4.74 Å². The van der Waals surface area contributed by atoms with Gasteiger partial charge in [-0.25, -0.2) is 0 Å². The second kappa shape index (κ2) is 5.92. The molecule has 100 valence electrons. The van der Waals surface area contributed by atoms with Crippen molar-refractivity contribution < 1.29 is 4.74 Å². The van der Waals surface area contributed by atoms with E-state index < -0.39 is 0 Å². The van der Waals surface area contributed by atoms with E-state index in [0.717, 1.165) is 5.75 Å². The Balaban J connectivity index is 2.25. The summed E-state index contributed by atoms with van der Waals surface area (Å²) in [4.78, 5) is 0. The minimum Gasteiger partial charge on any atom is -0.494 e. The van der Waals surface area contributed by atoms with Gasteiger partial charge in [0.05, 0.1) is 6.61 Å². The highest BCUT2D eigenvalue weighted by molar-refractivity contribution is 5.40. The number of aryl methyl sites for hydroxylation is 2. The summed E-state index contributed by atoms with van der Waals surface area (Å²) in [5, 5.41) is 0. The van der Waals surface area contributed by atoms with Gasteiger partial charge < -0.3 is 4.74 Å². The lowest BCUT2D eigenvalue weighted by Crippen LogP contribution is -1.99. The molecule has 1 atom stereocenters. The molecule has 2 rings (SSSR count). The molecule has 0 saturated heterocycles. The first-order chi connectivity index (χ1) is 9.11. The number of hydrogen-bond donors (Lipinski definition) is 0. The van der Waals surface area contributed by atoms with E-state index >= 15 is 0 Å². The molecule has 0 heterocycles. The normalized spacial score (nSPS) is 12.2. The molecule has 1 heteroatoms. The second-order valence-corrected chi connectivity index (χ2v) is 5.08. The minimum absolute atomic E-state index is 0.413. The van der Waals surface area contributed by atoms with Crippen LogP contribution in [-0.4, -0.2) is 6.61 Å². The first kappa shape index (κ1) is 13.7. The zero-order valence-corrected chi connectivity index (χ0v) is 12.2. The van der Waals surface area contributed by atoms with Crippen LogP contribution in [0.3, 0.4) is 0 Å². The fraction of sp³-hybridized carbons (Fsp3) is 0.333. The van der Waals surface area contributed by atoms with Crippen LogP contribution < -0.4 is 4.74 Å². The molecular formula is C18H22O. The van der Waals surface area contributed by atoms with Crippen molar-refractivity contribution >= 4 is 0 Å². The molecule has 0 bridgehead atoms. The van der Waals surface area contributed by atoms with Crippen molar-refractivity contribution in [3.63, 3.8) is 0 Å². The van der Waals surface area contributed by atoms with Gasteiger partial charge in [0.15, 0.2) is 0 Å². The predicted octanol–water partition coefficient (Wildman–Crippen LogP) is 4.85. The Morgan fingerprint density at radius 1 is 1.00 bits per heavy atom. The summed E-state index contributed by atoms with van der Waals surface area (Å²) in [5.74, 6) is 1.36. The topological polar surface area (TPSA) is 9.23 Å². The third-order valence-corrected chi connectivity index (χ3v) is 3.58. The first-order valence-electron chi connectivity index (χ1n) is 6.91. The van der Waals surface area contributed by atoms with Crippen LogP contribution in [0, 0.1) is 13.8 Å². The van der Waals surface area contributed by atoms with Crippen molar-refractivity contribution in [1.82, 2.24) is 0 Å². The van der Waals surface area contributed by atoms with E-state index in [1.807, 2.05) is 6.92 Å². The zero-order valence-electron chi connectivity index (χ0n) is 12.2. The molecule has 0 fully saturated rings. The van der Waals surface area contributed by atoms with Gasteiger partial charge in [0.2, 0.25) is 0 Å². The number of ether oxygens (including phenoxy) is 1. The van der Waals surface area contributed by atoms with E-state index in [2.05, 4.69) is 63.2 Å². The summed E-state index contributed by atoms with van der Waals surface area (Å²) in [6.07, 6.45) is 0. The average Bonchev–Trinajstić information content (AvgIpc) is 2.39. The molecule has 0 aliphatic rings. The molecule has 0 aromatic heterocycles. The molecule has 0 radical (unpaired) electrons. The summed E-state index contributed by atoms with van der Waals surface area (Å²) in [6, 6.07) is 15.1. The molecule has 0 spiro atoms. The van der Waals surface area contributed by atoms with Crippen molar-refractivity contribution in [1.29, 1.82) is 0 Å². The van der Waals surface area contributed by atoms with Crippen molar-refractivity contribution in [2.75, 3.05) is 6.61 Å². The van der Waals surface area contributed by atoms with Crippen molar-refractivity contribution in [2.45, 2.75) is 33.6 Å². The fourth-order valence-corrected chi connectivity index (χ4v) is 2.51. The molecule has 0 amide bonds. The molecule has 1 nitrogen and oxygen atoms in total. The highest BCUT2D eigenvalue weighted by Gasteiger charge is 2.11. The number of hydrogen-bond acceptors (Lipinski definition) is 1. The summed E-state index contributed by atoms with van der Waals surface area (Å²) >= 11 is 0.